The van der Waals surface area contributed by atoms with Gasteiger partial charge in [0, 0.05) is 23.9 Å². The third-order valence-electron chi connectivity index (χ3n) is 3.44. The number of esters is 1. The Morgan fingerprint density at radius 1 is 1.50 bits per heavy atom. The first-order valence-corrected chi connectivity index (χ1v) is 5.28. The zero-order valence-corrected chi connectivity index (χ0v) is 9.73. The minimum Gasteiger partial charge on any atom is -0.465 e. The summed E-state index contributed by atoms with van der Waals surface area (Å²) in [7, 11) is 1.36. The average Bonchev–Trinajstić information content (AvgIpc) is 2.77. The van der Waals surface area contributed by atoms with Gasteiger partial charge in [-0.25, -0.2) is 4.79 Å². The van der Waals surface area contributed by atoms with Gasteiger partial charge in [0.1, 0.15) is 0 Å². The van der Waals surface area contributed by atoms with Crippen LogP contribution in [0, 0.1) is 5.41 Å². The summed E-state index contributed by atoms with van der Waals surface area (Å²) < 4.78 is 4.61. The number of nitrogens with zero attached hydrogens (tertiary/aromatic N) is 1. The Morgan fingerprint density at radius 2 is 2.12 bits per heavy atom. The predicted molar refractivity (Wildman–Crippen MR) is 60.1 cm³/mol. The number of rotatable bonds is 2. The van der Waals surface area contributed by atoms with Gasteiger partial charge in [-0.15, -0.1) is 0 Å². The number of methoxy groups -OCH3 is 1. The zero-order chi connectivity index (χ0) is 11.9. The summed E-state index contributed by atoms with van der Waals surface area (Å²) in [6, 6.07) is 3.74. The average molecular weight is 220 g/mol. The van der Waals surface area contributed by atoms with Crippen molar-refractivity contribution < 1.29 is 9.53 Å². The molecule has 1 saturated carbocycles. The number of aromatic nitrogens is 1. The molecule has 1 heterocycles. The molecule has 1 aliphatic rings. The molecule has 2 N–H and O–H groups in total. The fraction of sp³-hybridized carbons (Fsp3) is 0.500. The van der Waals surface area contributed by atoms with Crippen LogP contribution in [-0.4, -0.2) is 24.1 Å². The van der Waals surface area contributed by atoms with Crippen molar-refractivity contribution in [3.05, 3.63) is 29.6 Å². The Kier molecular flexibility index (Phi) is 2.46. The first-order chi connectivity index (χ1) is 7.48. The van der Waals surface area contributed by atoms with E-state index >= 15 is 0 Å². The zero-order valence-electron chi connectivity index (χ0n) is 9.73. The number of nitrogens with two attached hydrogens (primary N) is 1. The number of carbonyl (C=O) groups excluding carboxylic acids is 1. The van der Waals surface area contributed by atoms with Gasteiger partial charge in [-0.3, -0.25) is 4.98 Å². The Morgan fingerprint density at radius 3 is 2.50 bits per heavy atom. The van der Waals surface area contributed by atoms with Crippen molar-refractivity contribution in [3.8, 4) is 0 Å². The smallest absolute Gasteiger partial charge is 0.339 e. The van der Waals surface area contributed by atoms with Crippen LogP contribution in [0.4, 0.5) is 0 Å². The second-order valence-corrected chi connectivity index (χ2v) is 4.79. The van der Waals surface area contributed by atoms with Gasteiger partial charge >= 0.3 is 5.97 Å². The fourth-order valence-electron chi connectivity index (χ4n) is 2.07. The van der Waals surface area contributed by atoms with Gasteiger partial charge in [0.05, 0.1) is 12.7 Å². The lowest BCUT2D eigenvalue weighted by Crippen LogP contribution is -2.06. The lowest BCUT2D eigenvalue weighted by Gasteiger charge is -2.03. The molecule has 0 aliphatic heterocycles. The largest absolute Gasteiger partial charge is 0.465 e. The van der Waals surface area contributed by atoms with E-state index in [1.54, 1.807) is 12.3 Å². The molecular formula is C12H16N2O2. The number of ether oxygens (including phenoxy) is 1. The maximum Gasteiger partial charge on any atom is 0.339 e. The Labute approximate surface area is 94.8 Å². The van der Waals surface area contributed by atoms with E-state index in [4.69, 9.17) is 5.73 Å². The second-order valence-electron chi connectivity index (χ2n) is 4.79. The van der Waals surface area contributed by atoms with Crippen molar-refractivity contribution in [1.29, 1.82) is 0 Å². The predicted octanol–water partition coefficient (Wildman–Crippen LogP) is 1.32. The second kappa shape index (κ2) is 3.56. The summed E-state index contributed by atoms with van der Waals surface area (Å²) in [5.74, 6) is -0.0717. The van der Waals surface area contributed by atoms with Crippen molar-refractivity contribution >= 4 is 5.97 Å². The van der Waals surface area contributed by atoms with Gasteiger partial charge in [-0.2, -0.15) is 0 Å². The van der Waals surface area contributed by atoms with E-state index in [-0.39, 0.29) is 17.4 Å². The number of hydrogen-bond donors (Lipinski definition) is 1. The number of carbonyl (C=O) groups is 1. The molecule has 1 fully saturated rings. The fourth-order valence-corrected chi connectivity index (χ4v) is 2.07. The first kappa shape index (κ1) is 11.1. The summed E-state index contributed by atoms with van der Waals surface area (Å²) in [5, 5.41) is 0. The lowest BCUT2D eigenvalue weighted by atomic mass is 10.1. The summed E-state index contributed by atoms with van der Waals surface area (Å²) in [6.07, 6.45) is 1.54. The molecule has 2 rings (SSSR count). The minimum atomic E-state index is -0.363. The number of hydrogen-bond acceptors (Lipinski definition) is 4. The van der Waals surface area contributed by atoms with Gasteiger partial charge < -0.3 is 10.5 Å². The van der Waals surface area contributed by atoms with Gasteiger partial charge in [0.15, 0.2) is 0 Å². The van der Waals surface area contributed by atoms with Crippen LogP contribution in [0.25, 0.3) is 0 Å². The molecule has 0 saturated heterocycles. The maximum absolute atomic E-state index is 11.2. The molecule has 0 spiro atoms. The van der Waals surface area contributed by atoms with Gasteiger partial charge in [-0.05, 0) is 17.5 Å². The van der Waals surface area contributed by atoms with E-state index in [1.807, 2.05) is 6.07 Å². The van der Waals surface area contributed by atoms with Gasteiger partial charge in [0.2, 0.25) is 0 Å². The SMILES string of the molecule is COC(=O)c1ccc([C@@H]2[C@@H](N)C2(C)C)nc1. The molecule has 0 radical (unpaired) electrons. The molecule has 1 aromatic rings. The summed E-state index contributed by atoms with van der Waals surface area (Å²) in [5.41, 5.74) is 7.50. The van der Waals surface area contributed by atoms with Crippen molar-refractivity contribution in [1.82, 2.24) is 4.98 Å². The Hall–Kier alpha value is -1.42. The highest BCUT2D eigenvalue weighted by Crippen LogP contribution is 2.56. The van der Waals surface area contributed by atoms with E-state index in [1.165, 1.54) is 7.11 Å². The van der Waals surface area contributed by atoms with Gasteiger partial charge in [-0.1, -0.05) is 13.8 Å². The minimum absolute atomic E-state index is 0.111. The van der Waals surface area contributed by atoms with E-state index in [0.717, 1.165) is 5.69 Å². The maximum atomic E-state index is 11.2. The lowest BCUT2D eigenvalue weighted by molar-refractivity contribution is 0.0600. The summed E-state index contributed by atoms with van der Waals surface area (Å²) in [4.78, 5) is 15.5. The summed E-state index contributed by atoms with van der Waals surface area (Å²) >= 11 is 0. The van der Waals surface area contributed by atoms with Crippen LogP contribution in [0.1, 0.15) is 35.8 Å². The monoisotopic (exact) mass is 220 g/mol. The molecule has 1 aliphatic carbocycles. The quantitative estimate of drug-likeness (QED) is 0.763. The third-order valence-corrected chi connectivity index (χ3v) is 3.44. The normalized spacial score (nSPS) is 26.2. The van der Waals surface area contributed by atoms with Crippen molar-refractivity contribution in [2.45, 2.75) is 25.8 Å². The molecular weight excluding hydrogens is 204 g/mol. The highest BCUT2D eigenvalue weighted by molar-refractivity contribution is 5.88. The van der Waals surface area contributed by atoms with E-state index in [2.05, 4.69) is 23.6 Å². The first-order valence-electron chi connectivity index (χ1n) is 5.28. The molecule has 4 heteroatoms. The third kappa shape index (κ3) is 1.59. The van der Waals surface area contributed by atoms with E-state index in [9.17, 15) is 4.79 Å². The van der Waals surface area contributed by atoms with Crippen molar-refractivity contribution in [2.24, 2.45) is 11.1 Å². The molecule has 86 valence electrons. The highest BCUT2D eigenvalue weighted by atomic mass is 16.5. The van der Waals surface area contributed by atoms with Crippen LogP contribution in [0.5, 0.6) is 0 Å². The highest BCUT2D eigenvalue weighted by Gasteiger charge is 2.56. The van der Waals surface area contributed by atoms with Crippen LogP contribution in [0.15, 0.2) is 18.3 Å². The molecule has 0 amide bonds. The summed E-state index contributed by atoms with van der Waals surface area (Å²) in [6.45, 7) is 4.25. The van der Waals surface area contributed by atoms with E-state index < -0.39 is 0 Å². The Bertz CT molecular complexity index is 412. The molecule has 4 nitrogen and oxygen atoms in total. The molecule has 0 unspecified atom stereocenters. The topological polar surface area (TPSA) is 65.2 Å². The molecule has 1 aromatic heterocycles. The van der Waals surface area contributed by atoms with Crippen molar-refractivity contribution in [2.75, 3.05) is 7.11 Å². The molecule has 16 heavy (non-hydrogen) atoms. The molecule has 2 atom stereocenters. The Balaban J connectivity index is 2.18. The van der Waals surface area contributed by atoms with Crippen LogP contribution in [-0.2, 0) is 4.74 Å². The van der Waals surface area contributed by atoms with Crippen molar-refractivity contribution in [3.63, 3.8) is 0 Å². The van der Waals surface area contributed by atoms with Crippen LogP contribution < -0.4 is 5.73 Å². The van der Waals surface area contributed by atoms with Crippen LogP contribution >= 0.6 is 0 Å². The number of pyridine rings is 1. The van der Waals surface area contributed by atoms with E-state index in [0.29, 0.717) is 11.5 Å². The van der Waals surface area contributed by atoms with Crippen LogP contribution in [0.3, 0.4) is 0 Å². The standard InChI is InChI=1S/C12H16N2O2/c1-12(2)9(10(12)13)8-5-4-7(6-14-8)11(15)16-3/h4-6,9-10H,13H2,1-3H3/t9-,10-/m1/s1. The van der Waals surface area contributed by atoms with Crippen LogP contribution in [0.2, 0.25) is 0 Å². The van der Waals surface area contributed by atoms with Gasteiger partial charge in [0.25, 0.3) is 0 Å². The molecule has 0 aromatic carbocycles. The molecule has 0 bridgehead atoms.